The zero-order valence-corrected chi connectivity index (χ0v) is 16.8. The molecular weight excluding hydrogens is 406 g/mol. The maximum Gasteiger partial charge on any atom is 0.192 e. The molecule has 1 N–H and O–H groups in total. The number of aryl methyl sites for hydroxylation is 1. The molecule has 0 fully saturated rings. The Balaban J connectivity index is 1.94. The van der Waals surface area contributed by atoms with Crippen molar-refractivity contribution in [1.29, 1.82) is 5.26 Å². The van der Waals surface area contributed by atoms with E-state index >= 15 is 4.39 Å². The van der Waals surface area contributed by atoms with E-state index in [0.717, 1.165) is 36.9 Å². The summed E-state index contributed by atoms with van der Waals surface area (Å²) in [5.41, 5.74) is 4.03. The lowest BCUT2D eigenvalue weighted by Crippen LogP contribution is -2.24. The summed E-state index contributed by atoms with van der Waals surface area (Å²) in [6.07, 6.45) is 5.24. The summed E-state index contributed by atoms with van der Waals surface area (Å²) in [5, 5.41) is 14.1. The lowest BCUT2D eigenvalue weighted by atomic mass is 9.94. The molecule has 0 saturated carbocycles. The van der Waals surface area contributed by atoms with E-state index in [9.17, 15) is 0 Å². The quantitative estimate of drug-likeness (QED) is 0.794. The first kappa shape index (κ1) is 19.1. The van der Waals surface area contributed by atoms with Crippen molar-refractivity contribution in [3.8, 4) is 17.5 Å². The maximum atomic E-state index is 15.2. The molecule has 9 heteroatoms. The predicted octanol–water partition coefficient (Wildman–Crippen LogP) is 4.36. The molecule has 2 heterocycles. The normalized spacial score (nSPS) is 20.9. The molecule has 2 aromatic rings. The number of fused-ring (bicyclic) bond motifs is 1. The van der Waals surface area contributed by atoms with Crippen molar-refractivity contribution in [1.82, 2.24) is 15.3 Å². The van der Waals surface area contributed by atoms with Crippen LogP contribution in [0.5, 0.6) is 5.75 Å². The van der Waals surface area contributed by atoms with Gasteiger partial charge in [0.2, 0.25) is 0 Å². The fraction of sp³-hybridized carbons (Fsp3) is 0.368. The zero-order chi connectivity index (χ0) is 20.1. The molecule has 1 aliphatic heterocycles. The van der Waals surface area contributed by atoms with Gasteiger partial charge in [-0.3, -0.25) is 10.3 Å². The molecular formula is C19H17Cl2FN4O2. The van der Waals surface area contributed by atoms with Crippen LogP contribution in [0.4, 0.5) is 4.39 Å². The first-order chi connectivity index (χ1) is 13.4. The molecule has 0 saturated heterocycles. The van der Waals surface area contributed by atoms with Crippen molar-refractivity contribution < 1.29 is 14.0 Å². The van der Waals surface area contributed by atoms with E-state index in [1.54, 1.807) is 13.0 Å². The van der Waals surface area contributed by atoms with E-state index in [1.807, 2.05) is 6.07 Å². The third-order valence-corrected chi connectivity index (χ3v) is 5.88. The molecule has 6 nitrogen and oxygen atoms in total. The van der Waals surface area contributed by atoms with Gasteiger partial charge in [0, 0.05) is 11.1 Å². The van der Waals surface area contributed by atoms with Gasteiger partial charge in [-0.15, -0.1) is 0 Å². The Hall–Kier alpha value is -2.27. The highest BCUT2D eigenvalue weighted by atomic mass is 35.5. The van der Waals surface area contributed by atoms with Crippen molar-refractivity contribution in [2.75, 3.05) is 7.11 Å². The second kappa shape index (κ2) is 6.96. The van der Waals surface area contributed by atoms with Gasteiger partial charge in [-0.1, -0.05) is 23.2 Å². The summed E-state index contributed by atoms with van der Waals surface area (Å²) < 4.78 is 21.9. The van der Waals surface area contributed by atoms with Crippen LogP contribution in [0.1, 0.15) is 36.6 Å². The molecule has 1 aliphatic carbocycles. The number of nitriles is 1. The van der Waals surface area contributed by atoms with Crippen LogP contribution in [0.3, 0.4) is 0 Å². The minimum Gasteiger partial charge on any atom is -0.492 e. The molecule has 0 spiro atoms. The molecule has 28 heavy (non-hydrogen) atoms. The van der Waals surface area contributed by atoms with Crippen molar-refractivity contribution in [2.45, 2.75) is 38.2 Å². The van der Waals surface area contributed by atoms with E-state index < -0.39 is 11.4 Å². The minimum atomic E-state index is -1.10. The Morgan fingerprint density at radius 3 is 2.79 bits per heavy atom. The number of hydroxylamine groups is 1. The summed E-state index contributed by atoms with van der Waals surface area (Å²) in [4.78, 5) is 5.56. The number of hydrogen-bond donors (Lipinski definition) is 1. The largest absolute Gasteiger partial charge is 0.492 e. The average Bonchev–Trinajstić information content (AvgIpc) is 3.24. The maximum absolute atomic E-state index is 15.2. The van der Waals surface area contributed by atoms with Gasteiger partial charge >= 0.3 is 0 Å². The first-order valence-electron chi connectivity index (χ1n) is 8.79. The molecule has 1 unspecified atom stereocenters. The van der Waals surface area contributed by atoms with Crippen LogP contribution in [0.2, 0.25) is 10.2 Å². The number of ether oxygens (including phenoxy) is 1. The van der Waals surface area contributed by atoms with Gasteiger partial charge in [-0.25, -0.2) is 9.07 Å². The highest BCUT2D eigenvalue weighted by Gasteiger charge is 2.37. The third kappa shape index (κ3) is 2.84. The summed E-state index contributed by atoms with van der Waals surface area (Å²) in [6.45, 7) is 1.71. The van der Waals surface area contributed by atoms with Crippen LogP contribution in [0.15, 0.2) is 17.8 Å². The van der Waals surface area contributed by atoms with Gasteiger partial charge in [0.25, 0.3) is 0 Å². The molecule has 1 aromatic heterocycles. The molecule has 2 aliphatic rings. The second-order valence-corrected chi connectivity index (χ2v) is 7.66. The standard InChI is InChI=1S/C19H17Cl2FN4O2/c1-19(8-10(9-23)25-28-19)12-7-14(16(22)17(27-2)15(12)20)26-18(21)11-5-3-4-6-13(11)24-26/h7-8,25H,3-6H2,1-2H3. The van der Waals surface area contributed by atoms with Crippen LogP contribution >= 0.6 is 23.2 Å². The number of nitrogens with one attached hydrogen (secondary N) is 1. The molecule has 146 valence electrons. The van der Waals surface area contributed by atoms with Gasteiger partial charge in [-0.2, -0.15) is 10.4 Å². The smallest absolute Gasteiger partial charge is 0.192 e. The number of halogens is 3. The zero-order valence-electron chi connectivity index (χ0n) is 15.3. The number of hydrogen-bond acceptors (Lipinski definition) is 5. The van der Waals surface area contributed by atoms with Crippen LogP contribution in [-0.4, -0.2) is 16.9 Å². The number of rotatable bonds is 3. The molecule has 1 atom stereocenters. The number of aromatic nitrogens is 2. The van der Waals surface area contributed by atoms with Crippen LogP contribution in [0.25, 0.3) is 5.69 Å². The Labute approximate surface area is 171 Å². The van der Waals surface area contributed by atoms with Crippen LogP contribution < -0.4 is 10.2 Å². The summed E-state index contributed by atoms with van der Waals surface area (Å²) in [6, 6.07) is 3.51. The summed E-state index contributed by atoms with van der Waals surface area (Å²) >= 11 is 13.0. The highest BCUT2D eigenvalue weighted by Crippen LogP contribution is 2.44. The van der Waals surface area contributed by atoms with E-state index in [4.69, 9.17) is 38.0 Å². The lowest BCUT2D eigenvalue weighted by molar-refractivity contribution is -0.0302. The van der Waals surface area contributed by atoms with Gasteiger partial charge in [-0.05, 0) is 44.7 Å². The van der Waals surface area contributed by atoms with E-state index in [1.165, 1.54) is 17.9 Å². The monoisotopic (exact) mass is 422 g/mol. The molecule has 0 radical (unpaired) electrons. The average molecular weight is 423 g/mol. The van der Waals surface area contributed by atoms with Gasteiger partial charge < -0.3 is 4.74 Å². The summed E-state index contributed by atoms with van der Waals surface area (Å²) in [7, 11) is 1.33. The van der Waals surface area contributed by atoms with Crippen LogP contribution in [0, 0.1) is 17.1 Å². The lowest BCUT2D eigenvalue weighted by Gasteiger charge is -2.24. The van der Waals surface area contributed by atoms with E-state index in [2.05, 4.69) is 10.6 Å². The fourth-order valence-electron chi connectivity index (χ4n) is 3.65. The molecule has 0 bridgehead atoms. The minimum absolute atomic E-state index is 0.0523. The summed E-state index contributed by atoms with van der Waals surface area (Å²) in [5.74, 6) is -0.806. The van der Waals surface area contributed by atoms with Crippen molar-refractivity contribution in [3.63, 3.8) is 0 Å². The second-order valence-electron chi connectivity index (χ2n) is 6.92. The van der Waals surface area contributed by atoms with Crippen LogP contribution in [-0.2, 0) is 23.3 Å². The van der Waals surface area contributed by atoms with Crippen molar-refractivity contribution in [2.24, 2.45) is 0 Å². The topological polar surface area (TPSA) is 72.1 Å². The van der Waals surface area contributed by atoms with Gasteiger partial charge in [0.15, 0.2) is 11.6 Å². The van der Waals surface area contributed by atoms with E-state index in [0.29, 0.717) is 10.7 Å². The number of nitrogens with zero attached hydrogens (tertiary/aromatic N) is 3. The van der Waals surface area contributed by atoms with Gasteiger partial charge in [0.05, 0.1) is 17.8 Å². The molecule has 4 rings (SSSR count). The van der Waals surface area contributed by atoms with E-state index in [-0.39, 0.29) is 22.2 Å². The molecule has 0 amide bonds. The Morgan fingerprint density at radius 1 is 1.39 bits per heavy atom. The Kier molecular flexibility index (Phi) is 4.74. The number of allylic oxidation sites excluding steroid dienone is 1. The Bertz CT molecular complexity index is 1040. The van der Waals surface area contributed by atoms with Crippen molar-refractivity contribution in [3.05, 3.63) is 50.7 Å². The SMILES string of the molecule is COc1c(F)c(-n2nc3c(c2Cl)CCCC3)cc(C2(C)C=C(C#N)NO2)c1Cl. The highest BCUT2D eigenvalue weighted by molar-refractivity contribution is 6.33. The number of methoxy groups -OCH3 is 1. The molecule has 1 aromatic carbocycles. The first-order valence-corrected chi connectivity index (χ1v) is 9.55. The Morgan fingerprint density at radius 2 is 2.14 bits per heavy atom. The van der Waals surface area contributed by atoms with Crippen molar-refractivity contribution >= 4 is 23.2 Å². The predicted molar refractivity (Wildman–Crippen MR) is 102 cm³/mol. The fourth-order valence-corrected chi connectivity index (χ4v) is 4.38. The van der Waals surface area contributed by atoms with Gasteiger partial charge in [0.1, 0.15) is 28.2 Å². The number of benzene rings is 1. The third-order valence-electron chi connectivity index (χ3n) is 5.12.